The number of hydrogen-bond acceptors (Lipinski definition) is 4. The molecule has 0 spiro atoms. The van der Waals surface area contributed by atoms with Crippen LogP contribution in [0.2, 0.25) is 0 Å². The molecule has 2 heterocycles. The predicted molar refractivity (Wildman–Crippen MR) is 192 cm³/mol. The highest BCUT2D eigenvalue weighted by atomic mass is 16.3. The number of para-hydroxylation sites is 1. The highest BCUT2D eigenvalue weighted by Crippen LogP contribution is 2.40. The molecular formula is C43H27N3O. The fourth-order valence-electron chi connectivity index (χ4n) is 6.14. The Bertz CT molecular complexity index is 2820. The van der Waals surface area contributed by atoms with Crippen molar-refractivity contribution in [1.29, 1.82) is 0 Å². The summed E-state index contributed by atoms with van der Waals surface area (Å²) in [6, 6.07) is 42.0. The SMILES string of the molecule is [2H]c1c([2H])c([2H])c(-c2cccc3c2oc2cccc(-c4nc(-c5ccccc5)nc(-c5ccc(-c6ccc7ccccc7c6)cc5)n4)c23)c([2H])c1[2H]. The number of nitrogens with zero attached hydrogens (tertiary/aromatic N) is 3. The molecule has 4 heteroatoms. The standard InChI is InChI=1S/C43H27N3O/c1-3-12-30(13-4-1)35-17-9-18-36-39-37(19-10-20-38(39)47-40(35)36)43-45-41(31-14-5-2-6-15-31)44-42(46-43)32-24-21-29(22-25-32)34-26-23-28-11-7-8-16-33(28)27-34/h1-27H/i1D,3D,4D,12D,13D. The lowest BCUT2D eigenvalue weighted by molar-refractivity contribution is 0.670. The van der Waals surface area contributed by atoms with Crippen molar-refractivity contribution in [3.8, 4) is 56.4 Å². The highest BCUT2D eigenvalue weighted by molar-refractivity contribution is 6.15. The predicted octanol–water partition coefficient (Wildman–Crippen LogP) is 11.3. The summed E-state index contributed by atoms with van der Waals surface area (Å²) >= 11 is 0. The van der Waals surface area contributed by atoms with E-state index in [2.05, 4.69) is 42.5 Å². The van der Waals surface area contributed by atoms with E-state index in [1.165, 1.54) is 10.8 Å². The topological polar surface area (TPSA) is 51.8 Å². The van der Waals surface area contributed by atoms with E-state index in [1.54, 1.807) is 12.1 Å². The van der Waals surface area contributed by atoms with Crippen LogP contribution in [0.4, 0.5) is 0 Å². The molecule has 0 amide bonds. The zero-order valence-corrected chi connectivity index (χ0v) is 25.0. The summed E-state index contributed by atoms with van der Waals surface area (Å²) < 4.78 is 48.2. The van der Waals surface area contributed by atoms with E-state index < -0.39 is 18.1 Å². The van der Waals surface area contributed by atoms with Crippen LogP contribution < -0.4 is 0 Å². The third kappa shape index (κ3) is 4.84. The second-order valence-electron chi connectivity index (χ2n) is 11.3. The molecule has 0 aliphatic heterocycles. The smallest absolute Gasteiger partial charge is 0.164 e. The molecule has 0 unspecified atom stereocenters. The van der Waals surface area contributed by atoms with Gasteiger partial charge in [-0.3, -0.25) is 0 Å². The minimum absolute atomic E-state index is 0.0816. The molecule has 0 N–H and O–H groups in total. The fraction of sp³-hybridized carbons (Fsp3) is 0. The van der Waals surface area contributed by atoms with Gasteiger partial charge in [-0.2, -0.15) is 0 Å². The number of rotatable bonds is 5. The van der Waals surface area contributed by atoms with E-state index in [0.717, 1.165) is 27.6 Å². The quantitative estimate of drug-likeness (QED) is 0.196. The molecule has 0 aliphatic carbocycles. The molecule has 9 rings (SSSR count). The Morgan fingerprint density at radius 3 is 1.89 bits per heavy atom. The maximum absolute atomic E-state index is 8.62. The molecular weight excluding hydrogens is 574 g/mol. The zero-order chi connectivity index (χ0) is 35.5. The Labute approximate surface area is 278 Å². The van der Waals surface area contributed by atoms with Gasteiger partial charge < -0.3 is 4.42 Å². The Balaban J connectivity index is 1.21. The molecule has 47 heavy (non-hydrogen) atoms. The summed E-state index contributed by atoms with van der Waals surface area (Å²) in [4.78, 5) is 14.9. The maximum atomic E-state index is 8.62. The Kier molecular flexibility index (Phi) is 5.28. The van der Waals surface area contributed by atoms with Crippen LogP contribution in [0.25, 0.3) is 89.1 Å². The van der Waals surface area contributed by atoms with Crippen LogP contribution in [-0.2, 0) is 0 Å². The number of benzene rings is 7. The van der Waals surface area contributed by atoms with E-state index >= 15 is 0 Å². The van der Waals surface area contributed by atoms with E-state index in [-0.39, 0.29) is 17.6 Å². The molecule has 0 saturated heterocycles. The van der Waals surface area contributed by atoms with Gasteiger partial charge in [0.25, 0.3) is 0 Å². The lowest BCUT2D eigenvalue weighted by atomic mass is 10.00. The second kappa shape index (κ2) is 11.2. The van der Waals surface area contributed by atoms with Crippen molar-refractivity contribution in [2.45, 2.75) is 0 Å². The molecule has 0 saturated carbocycles. The van der Waals surface area contributed by atoms with Crippen LogP contribution in [-0.4, -0.2) is 15.0 Å². The van der Waals surface area contributed by atoms with E-state index in [4.69, 9.17) is 26.2 Å². The first kappa shape index (κ1) is 22.2. The normalized spacial score (nSPS) is 12.9. The first-order chi connectivity index (χ1) is 25.4. The Morgan fingerprint density at radius 2 is 1.09 bits per heavy atom. The molecule has 0 bridgehead atoms. The first-order valence-electron chi connectivity index (χ1n) is 17.8. The Morgan fingerprint density at radius 1 is 0.447 bits per heavy atom. The molecule has 0 fully saturated rings. The lowest BCUT2D eigenvalue weighted by Crippen LogP contribution is -2.00. The van der Waals surface area contributed by atoms with Crippen molar-refractivity contribution in [1.82, 2.24) is 15.0 Å². The van der Waals surface area contributed by atoms with Gasteiger partial charge in [0.15, 0.2) is 17.5 Å². The molecule has 9 aromatic rings. The number of aromatic nitrogens is 3. The molecule has 0 aliphatic rings. The van der Waals surface area contributed by atoms with Crippen molar-refractivity contribution >= 4 is 32.7 Å². The summed E-state index contributed by atoms with van der Waals surface area (Å²) in [6.45, 7) is 0. The number of furan rings is 1. The maximum Gasteiger partial charge on any atom is 0.164 e. The third-order valence-electron chi connectivity index (χ3n) is 8.43. The van der Waals surface area contributed by atoms with Gasteiger partial charge >= 0.3 is 0 Å². The van der Waals surface area contributed by atoms with Gasteiger partial charge in [-0.05, 0) is 39.6 Å². The highest BCUT2D eigenvalue weighted by Gasteiger charge is 2.19. The van der Waals surface area contributed by atoms with Crippen LogP contribution in [0.3, 0.4) is 0 Å². The van der Waals surface area contributed by atoms with Crippen LogP contribution in [0.1, 0.15) is 6.85 Å². The van der Waals surface area contributed by atoms with Crippen LogP contribution in [0, 0.1) is 0 Å². The number of fused-ring (bicyclic) bond motifs is 4. The van der Waals surface area contributed by atoms with Crippen LogP contribution >= 0.6 is 0 Å². The lowest BCUT2D eigenvalue weighted by Gasteiger charge is -2.10. The Hall–Kier alpha value is -6.39. The van der Waals surface area contributed by atoms with E-state index in [9.17, 15) is 0 Å². The molecule has 0 radical (unpaired) electrons. The van der Waals surface area contributed by atoms with Gasteiger partial charge in [-0.15, -0.1) is 0 Å². The van der Waals surface area contributed by atoms with Crippen molar-refractivity contribution in [2.24, 2.45) is 0 Å². The summed E-state index contributed by atoms with van der Waals surface area (Å²) in [7, 11) is 0. The summed E-state index contributed by atoms with van der Waals surface area (Å²) in [6.07, 6.45) is 0. The van der Waals surface area contributed by atoms with Gasteiger partial charge in [0.1, 0.15) is 11.2 Å². The average Bonchev–Trinajstić information content (AvgIpc) is 3.59. The first-order valence-corrected chi connectivity index (χ1v) is 15.3. The molecule has 220 valence electrons. The van der Waals surface area contributed by atoms with E-state index in [0.29, 0.717) is 45.2 Å². The van der Waals surface area contributed by atoms with Gasteiger partial charge in [-0.1, -0.05) is 152 Å². The van der Waals surface area contributed by atoms with Crippen molar-refractivity contribution in [2.75, 3.05) is 0 Å². The molecule has 2 aromatic heterocycles. The average molecular weight is 607 g/mol. The van der Waals surface area contributed by atoms with E-state index in [1.807, 2.05) is 78.9 Å². The van der Waals surface area contributed by atoms with Crippen molar-refractivity contribution in [3.05, 3.63) is 164 Å². The van der Waals surface area contributed by atoms with Crippen molar-refractivity contribution in [3.63, 3.8) is 0 Å². The monoisotopic (exact) mass is 606 g/mol. The fourth-order valence-corrected chi connectivity index (χ4v) is 6.14. The van der Waals surface area contributed by atoms with Gasteiger partial charge in [-0.25, -0.2) is 15.0 Å². The van der Waals surface area contributed by atoms with Gasteiger partial charge in [0.2, 0.25) is 0 Å². The second-order valence-corrected chi connectivity index (χ2v) is 11.3. The van der Waals surface area contributed by atoms with Crippen molar-refractivity contribution < 1.29 is 11.3 Å². The third-order valence-corrected chi connectivity index (χ3v) is 8.43. The summed E-state index contributed by atoms with van der Waals surface area (Å²) in [5.74, 6) is 1.48. The molecule has 7 aromatic carbocycles. The zero-order valence-electron chi connectivity index (χ0n) is 30.0. The van der Waals surface area contributed by atoms with Gasteiger partial charge in [0, 0.05) is 33.0 Å². The molecule has 4 nitrogen and oxygen atoms in total. The van der Waals surface area contributed by atoms with Crippen LogP contribution in [0.15, 0.2) is 168 Å². The largest absolute Gasteiger partial charge is 0.455 e. The summed E-state index contributed by atoms with van der Waals surface area (Å²) in [5, 5.41) is 3.83. The minimum atomic E-state index is -0.444. The van der Waals surface area contributed by atoms with Gasteiger partial charge in [0.05, 0.1) is 6.85 Å². The molecule has 0 atom stereocenters. The minimum Gasteiger partial charge on any atom is -0.455 e. The number of hydrogen-bond donors (Lipinski definition) is 0. The van der Waals surface area contributed by atoms with Crippen LogP contribution in [0.5, 0.6) is 0 Å². The summed E-state index contributed by atoms with van der Waals surface area (Å²) in [5.41, 5.74) is 6.03.